The van der Waals surface area contributed by atoms with Crippen molar-refractivity contribution in [2.75, 3.05) is 26.7 Å². The molecule has 4 nitrogen and oxygen atoms in total. The van der Waals surface area contributed by atoms with Crippen molar-refractivity contribution < 1.29 is 0 Å². The molecule has 2 fully saturated rings. The van der Waals surface area contributed by atoms with Crippen LogP contribution >= 0.6 is 39.9 Å². The van der Waals surface area contributed by atoms with E-state index in [-0.39, 0.29) is 24.0 Å². The smallest absolute Gasteiger partial charge is 0.191 e. The average molecular weight is 533 g/mol. The number of guanidine groups is 1. The summed E-state index contributed by atoms with van der Waals surface area (Å²) in [6.07, 6.45) is 3.50. The van der Waals surface area contributed by atoms with Gasteiger partial charge in [-0.25, -0.2) is 0 Å². The summed E-state index contributed by atoms with van der Waals surface area (Å²) in [5.41, 5.74) is 2.65. The molecule has 0 aromatic heterocycles. The molecule has 144 valence electrons. The van der Waals surface area contributed by atoms with Crippen molar-refractivity contribution in [2.45, 2.75) is 44.2 Å². The molecule has 0 spiro atoms. The zero-order valence-corrected chi connectivity index (χ0v) is 19.6. The number of hydrogen-bond acceptors (Lipinski definition) is 2. The van der Waals surface area contributed by atoms with Gasteiger partial charge in [0.2, 0.25) is 0 Å². The highest BCUT2D eigenvalue weighted by Crippen LogP contribution is 2.41. The van der Waals surface area contributed by atoms with Gasteiger partial charge in [0.25, 0.3) is 0 Å². The monoisotopic (exact) mass is 532 g/mol. The first-order valence-corrected chi connectivity index (χ1v) is 9.96. The highest BCUT2D eigenvalue weighted by Gasteiger charge is 2.39. The van der Waals surface area contributed by atoms with Crippen molar-refractivity contribution in [1.82, 2.24) is 15.5 Å². The lowest BCUT2D eigenvalue weighted by Gasteiger charge is -2.33. The van der Waals surface area contributed by atoms with Gasteiger partial charge in [-0.1, -0.05) is 40.2 Å². The second-order valence-electron chi connectivity index (χ2n) is 7.37. The third-order valence-corrected chi connectivity index (χ3v) is 5.58. The Morgan fingerprint density at radius 2 is 1.88 bits per heavy atom. The molecular formula is C20H30BrIN4. The van der Waals surface area contributed by atoms with Gasteiger partial charge in [0, 0.05) is 49.2 Å². The van der Waals surface area contributed by atoms with Gasteiger partial charge >= 0.3 is 0 Å². The van der Waals surface area contributed by atoms with Gasteiger partial charge in [0.05, 0.1) is 0 Å². The van der Waals surface area contributed by atoms with Crippen LogP contribution in [-0.4, -0.2) is 49.6 Å². The van der Waals surface area contributed by atoms with E-state index in [1.165, 1.54) is 17.6 Å². The number of nitrogens with one attached hydrogen (secondary N) is 2. The van der Waals surface area contributed by atoms with E-state index in [0.29, 0.717) is 18.0 Å². The number of benzene rings is 1. The molecule has 0 amide bonds. The number of nitrogens with zero attached hydrogens (tertiary/aromatic N) is 2. The highest BCUT2D eigenvalue weighted by atomic mass is 127. The predicted molar refractivity (Wildman–Crippen MR) is 125 cm³/mol. The summed E-state index contributed by atoms with van der Waals surface area (Å²) in [4.78, 5) is 6.92. The van der Waals surface area contributed by atoms with Crippen molar-refractivity contribution in [2.24, 2.45) is 4.99 Å². The molecule has 2 aliphatic rings. The summed E-state index contributed by atoms with van der Waals surface area (Å²) in [6, 6.07) is 9.68. The second kappa shape index (κ2) is 10.1. The molecule has 1 aromatic carbocycles. The van der Waals surface area contributed by atoms with Gasteiger partial charge in [0.15, 0.2) is 5.96 Å². The zero-order valence-electron chi connectivity index (χ0n) is 15.7. The summed E-state index contributed by atoms with van der Waals surface area (Å²) < 4.78 is 1.14. The van der Waals surface area contributed by atoms with Crippen LogP contribution in [0.5, 0.6) is 0 Å². The molecule has 6 heteroatoms. The lowest BCUT2D eigenvalue weighted by Crippen LogP contribution is -2.49. The highest BCUT2D eigenvalue weighted by molar-refractivity contribution is 14.0. The fourth-order valence-electron chi connectivity index (χ4n) is 3.59. The second-order valence-corrected chi connectivity index (χ2v) is 8.28. The Morgan fingerprint density at radius 3 is 2.46 bits per heavy atom. The molecule has 2 unspecified atom stereocenters. The minimum absolute atomic E-state index is 0. The van der Waals surface area contributed by atoms with Crippen molar-refractivity contribution in [1.29, 1.82) is 0 Å². The normalized spacial score (nSPS) is 23.9. The molecule has 1 aromatic rings. The van der Waals surface area contributed by atoms with Crippen LogP contribution in [0.1, 0.15) is 37.7 Å². The van der Waals surface area contributed by atoms with Crippen LogP contribution in [0.4, 0.5) is 0 Å². The van der Waals surface area contributed by atoms with Gasteiger partial charge in [0.1, 0.15) is 0 Å². The topological polar surface area (TPSA) is 39.7 Å². The largest absolute Gasteiger partial charge is 0.354 e. The van der Waals surface area contributed by atoms with Crippen molar-refractivity contribution in [3.63, 3.8) is 0 Å². The number of hydrogen-bond donors (Lipinski definition) is 2. The summed E-state index contributed by atoms with van der Waals surface area (Å²) in [7, 11) is 1.86. The fourth-order valence-corrected chi connectivity index (χ4v) is 3.85. The van der Waals surface area contributed by atoms with Gasteiger partial charge in [-0.3, -0.25) is 9.89 Å². The maximum Gasteiger partial charge on any atom is 0.191 e. The molecule has 1 heterocycles. The number of rotatable bonds is 5. The van der Waals surface area contributed by atoms with Crippen LogP contribution < -0.4 is 10.6 Å². The maximum absolute atomic E-state index is 4.43. The van der Waals surface area contributed by atoms with E-state index >= 15 is 0 Å². The molecule has 1 saturated heterocycles. The Bertz CT molecular complexity index is 623. The molecule has 1 aliphatic carbocycles. The van der Waals surface area contributed by atoms with Gasteiger partial charge in [-0.05, 0) is 43.9 Å². The Hall–Kier alpha value is -0.600. The van der Waals surface area contributed by atoms with Crippen LogP contribution in [-0.2, 0) is 0 Å². The third kappa shape index (κ3) is 6.23. The predicted octanol–water partition coefficient (Wildman–Crippen LogP) is 4.13. The van der Waals surface area contributed by atoms with E-state index in [1.54, 1.807) is 0 Å². The summed E-state index contributed by atoms with van der Waals surface area (Å²) >= 11 is 3.50. The van der Waals surface area contributed by atoms with E-state index in [9.17, 15) is 0 Å². The first-order valence-electron chi connectivity index (χ1n) is 9.17. The SMILES string of the molecule is C=C(C)CN1CCC(NC(=NC)NC2CC2c2ccc(Br)cc2)CC1.I. The summed E-state index contributed by atoms with van der Waals surface area (Å²) in [5.74, 6) is 1.55. The standard InChI is InChI=1S/C20H29BrN4.HI/c1-14(2)13-25-10-8-17(9-11-25)23-20(22-3)24-19-12-18(19)15-4-6-16(21)7-5-15;/h4-7,17-19H,1,8-13H2,2-3H3,(H2,22,23,24);1H. The van der Waals surface area contributed by atoms with Crippen molar-refractivity contribution >= 4 is 45.9 Å². The molecule has 3 rings (SSSR count). The number of piperidine rings is 1. The third-order valence-electron chi connectivity index (χ3n) is 5.06. The van der Waals surface area contributed by atoms with Crippen molar-refractivity contribution in [3.05, 3.63) is 46.5 Å². The molecule has 2 N–H and O–H groups in total. The number of halogens is 2. The molecule has 0 radical (unpaired) electrons. The number of likely N-dealkylation sites (tertiary alicyclic amines) is 1. The fraction of sp³-hybridized carbons (Fsp3) is 0.550. The molecule has 1 saturated carbocycles. The van der Waals surface area contributed by atoms with E-state index < -0.39 is 0 Å². The van der Waals surface area contributed by atoms with Crippen LogP contribution in [0.25, 0.3) is 0 Å². The Labute approximate surface area is 183 Å². The molecule has 1 aliphatic heterocycles. The first-order chi connectivity index (χ1) is 12.0. The Balaban J connectivity index is 0.00000243. The van der Waals surface area contributed by atoms with E-state index in [1.807, 2.05) is 7.05 Å². The molecule has 26 heavy (non-hydrogen) atoms. The Morgan fingerprint density at radius 1 is 1.23 bits per heavy atom. The first kappa shape index (κ1) is 21.7. The minimum atomic E-state index is 0. The van der Waals surface area contributed by atoms with Crippen LogP contribution in [0.2, 0.25) is 0 Å². The van der Waals surface area contributed by atoms with E-state index in [2.05, 4.69) is 74.2 Å². The van der Waals surface area contributed by atoms with Crippen LogP contribution in [0.3, 0.4) is 0 Å². The number of aliphatic imine (C=N–C) groups is 1. The summed E-state index contributed by atoms with van der Waals surface area (Å²) in [5, 5.41) is 7.21. The molecular weight excluding hydrogens is 503 g/mol. The van der Waals surface area contributed by atoms with E-state index in [0.717, 1.165) is 42.9 Å². The van der Waals surface area contributed by atoms with E-state index in [4.69, 9.17) is 0 Å². The quantitative estimate of drug-likeness (QED) is 0.259. The zero-order chi connectivity index (χ0) is 17.8. The van der Waals surface area contributed by atoms with Crippen molar-refractivity contribution in [3.8, 4) is 0 Å². The van der Waals surface area contributed by atoms with Crippen LogP contribution in [0, 0.1) is 0 Å². The lowest BCUT2D eigenvalue weighted by atomic mass is 10.0. The van der Waals surface area contributed by atoms with Gasteiger partial charge < -0.3 is 10.6 Å². The molecule has 0 bridgehead atoms. The summed E-state index contributed by atoms with van der Waals surface area (Å²) in [6.45, 7) is 9.41. The Kier molecular flexibility index (Phi) is 8.41. The maximum atomic E-state index is 4.43. The lowest BCUT2D eigenvalue weighted by molar-refractivity contribution is 0.221. The van der Waals surface area contributed by atoms with Gasteiger partial charge in [-0.15, -0.1) is 24.0 Å². The van der Waals surface area contributed by atoms with Crippen LogP contribution in [0.15, 0.2) is 45.9 Å². The van der Waals surface area contributed by atoms with Gasteiger partial charge in [-0.2, -0.15) is 0 Å². The molecule has 2 atom stereocenters. The average Bonchev–Trinajstić information content (AvgIpc) is 3.35. The minimum Gasteiger partial charge on any atom is -0.354 e.